The first-order chi connectivity index (χ1) is 7.58. The summed E-state index contributed by atoms with van der Waals surface area (Å²) >= 11 is 0. The number of aryl methyl sites for hydroxylation is 3. The standard InChI is InChI=1S/C15H16O/c1-10-8-11(2)15(12(3)9-10)13-4-6-14(16)7-5-13/h4-9,16H,1-3H3. The Bertz CT molecular complexity index is 486. The van der Waals surface area contributed by atoms with Gasteiger partial charge >= 0.3 is 0 Å². The Kier molecular flexibility index (Phi) is 2.69. The van der Waals surface area contributed by atoms with Crippen LogP contribution in [0.1, 0.15) is 16.7 Å². The van der Waals surface area contributed by atoms with E-state index in [9.17, 15) is 5.11 Å². The fourth-order valence-electron chi connectivity index (χ4n) is 2.26. The summed E-state index contributed by atoms with van der Waals surface area (Å²) in [6.07, 6.45) is 0. The first kappa shape index (κ1) is 10.7. The average molecular weight is 212 g/mol. The third kappa shape index (κ3) is 1.94. The van der Waals surface area contributed by atoms with Crippen LogP contribution in [0.15, 0.2) is 36.4 Å². The molecular weight excluding hydrogens is 196 g/mol. The zero-order chi connectivity index (χ0) is 11.7. The predicted molar refractivity (Wildman–Crippen MR) is 67.8 cm³/mol. The van der Waals surface area contributed by atoms with Crippen LogP contribution in [0.3, 0.4) is 0 Å². The Balaban J connectivity index is 2.60. The molecule has 0 radical (unpaired) electrons. The highest BCUT2D eigenvalue weighted by atomic mass is 16.3. The molecule has 0 amide bonds. The molecule has 0 aliphatic rings. The lowest BCUT2D eigenvalue weighted by Gasteiger charge is -2.11. The third-order valence-electron chi connectivity index (χ3n) is 2.83. The Morgan fingerprint density at radius 3 is 1.81 bits per heavy atom. The van der Waals surface area contributed by atoms with Crippen LogP contribution in [0, 0.1) is 20.8 Å². The van der Waals surface area contributed by atoms with Gasteiger partial charge in [0.05, 0.1) is 0 Å². The molecule has 0 unspecified atom stereocenters. The van der Waals surface area contributed by atoms with Crippen molar-refractivity contribution < 1.29 is 5.11 Å². The molecular formula is C15H16O. The number of benzene rings is 2. The Hall–Kier alpha value is -1.76. The molecule has 1 N–H and O–H groups in total. The van der Waals surface area contributed by atoms with E-state index in [1.165, 1.54) is 22.3 Å². The molecule has 0 fully saturated rings. The van der Waals surface area contributed by atoms with Crippen molar-refractivity contribution in [3.63, 3.8) is 0 Å². The van der Waals surface area contributed by atoms with Crippen LogP contribution >= 0.6 is 0 Å². The molecule has 0 aromatic heterocycles. The number of rotatable bonds is 1. The van der Waals surface area contributed by atoms with E-state index in [1.807, 2.05) is 12.1 Å². The van der Waals surface area contributed by atoms with Crippen LogP contribution < -0.4 is 0 Å². The van der Waals surface area contributed by atoms with E-state index in [2.05, 4.69) is 32.9 Å². The van der Waals surface area contributed by atoms with Gasteiger partial charge in [-0.2, -0.15) is 0 Å². The first-order valence-electron chi connectivity index (χ1n) is 5.45. The quantitative estimate of drug-likeness (QED) is 0.758. The molecule has 0 bridgehead atoms. The molecule has 0 atom stereocenters. The van der Waals surface area contributed by atoms with Crippen LogP contribution in [0.2, 0.25) is 0 Å². The number of hydrogen-bond acceptors (Lipinski definition) is 1. The van der Waals surface area contributed by atoms with Crippen molar-refractivity contribution in [2.24, 2.45) is 0 Å². The highest BCUT2D eigenvalue weighted by Gasteiger charge is 2.06. The van der Waals surface area contributed by atoms with E-state index in [4.69, 9.17) is 0 Å². The molecule has 0 aliphatic carbocycles. The van der Waals surface area contributed by atoms with E-state index in [-0.39, 0.29) is 0 Å². The molecule has 2 aromatic carbocycles. The van der Waals surface area contributed by atoms with Crippen LogP contribution in [0.25, 0.3) is 11.1 Å². The van der Waals surface area contributed by atoms with Gasteiger partial charge in [0.2, 0.25) is 0 Å². The first-order valence-corrected chi connectivity index (χ1v) is 5.45. The molecule has 0 aliphatic heterocycles. The minimum Gasteiger partial charge on any atom is -0.508 e. The van der Waals surface area contributed by atoms with Gasteiger partial charge in [-0.15, -0.1) is 0 Å². The summed E-state index contributed by atoms with van der Waals surface area (Å²) in [6, 6.07) is 11.8. The highest BCUT2D eigenvalue weighted by molar-refractivity contribution is 5.71. The summed E-state index contributed by atoms with van der Waals surface area (Å²) in [7, 11) is 0. The summed E-state index contributed by atoms with van der Waals surface area (Å²) in [4.78, 5) is 0. The Morgan fingerprint density at radius 2 is 1.31 bits per heavy atom. The lowest BCUT2D eigenvalue weighted by atomic mass is 9.94. The molecule has 0 saturated heterocycles. The van der Waals surface area contributed by atoms with Crippen molar-refractivity contribution in [2.75, 3.05) is 0 Å². The second kappa shape index (κ2) is 4.01. The molecule has 16 heavy (non-hydrogen) atoms. The van der Waals surface area contributed by atoms with Gasteiger partial charge in [-0.25, -0.2) is 0 Å². The van der Waals surface area contributed by atoms with Gasteiger partial charge < -0.3 is 5.11 Å². The van der Waals surface area contributed by atoms with Crippen LogP contribution in [0.5, 0.6) is 5.75 Å². The zero-order valence-electron chi connectivity index (χ0n) is 9.91. The normalized spacial score (nSPS) is 10.4. The van der Waals surface area contributed by atoms with Gasteiger partial charge in [0.25, 0.3) is 0 Å². The van der Waals surface area contributed by atoms with Crippen molar-refractivity contribution in [2.45, 2.75) is 20.8 Å². The monoisotopic (exact) mass is 212 g/mol. The molecule has 0 spiro atoms. The second-order valence-electron chi connectivity index (χ2n) is 4.32. The molecule has 2 rings (SSSR count). The third-order valence-corrected chi connectivity index (χ3v) is 2.83. The smallest absolute Gasteiger partial charge is 0.115 e. The maximum Gasteiger partial charge on any atom is 0.115 e. The number of phenols is 1. The highest BCUT2D eigenvalue weighted by Crippen LogP contribution is 2.29. The predicted octanol–water partition coefficient (Wildman–Crippen LogP) is 3.98. The van der Waals surface area contributed by atoms with Gasteiger partial charge in [0.15, 0.2) is 0 Å². The molecule has 2 aromatic rings. The maximum atomic E-state index is 9.29. The maximum absolute atomic E-state index is 9.29. The second-order valence-corrected chi connectivity index (χ2v) is 4.32. The summed E-state index contributed by atoms with van der Waals surface area (Å²) in [5.41, 5.74) is 6.28. The summed E-state index contributed by atoms with van der Waals surface area (Å²) in [5, 5.41) is 9.29. The summed E-state index contributed by atoms with van der Waals surface area (Å²) < 4.78 is 0. The lowest BCUT2D eigenvalue weighted by molar-refractivity contribution is 0.475. The SMILES string of the molecule is Cc1cc(C)c(-c2ccc(O)cc2)c(C)c1. The van der Waals surface area contributed by atoms with E-state index in [0.29, 0.717) is 5.75 Å². The average Bonchev–Trinajstić information content (AvgIpc) is 2.19. The van der Waals surface area contributed by atoms with Crippen LogP contribution in [-0.2, 0) is 0 Å². The van der Waals surface area contributed by atoms with Gasteiger partial charge in [0.1, 0.15) is 5.75 Å². The molecule has 82 valence electrons. The fraction of sp³-hybridized carbons (Fsp3) is 0.200. The number of phenolic OH excluding ortho intramolecular Hbond substituents is 1. The van der Waals surface area contributed by atoms with Crippen LogP contribution in [-0.4, -0.2) is 5.11 Å². The van der Waals surface area contributed by atoms with Crippen molar-refractivity contribution in [3.05, 3.63) is 53.1 Å². The van der Waals surface area contributed by atoms with Crippen molar-refractivity contribution in [1.82, 2.24) is 0 Å². The fourth-order valence-corrected chi connectivity index (χ4v) is 2.26. The van der Waals surface area contributed by atoms with Gasteiger partial charge in [0, 0.05) is 0 Å². The molecule has 1 heteroatoms. The minimum atomic E-state index is 0.311. The largest absolute Gasteiger partial charge is 0.508 e. The van der Waals surface area contributed by atoms with Gasteiger partial charge in [-0.1, -0.05) is 29.8 Å². The molecule has 0 saturated carbocycles. The molecule has 1 nitrogen and oxygen atoms in total. The van der Waals surface area contributed by atoms with Crippen molar-refractivity contribution >= 4 is 0 Å². The topological polar surface area (TPSA) is 20.2 Å². The van der Waals surface area contributed by atoms with E-state index in [0.717, 1.165) is 5.56 Å². The van der Waals surface area contributed by atoms with E-state index in [1.54, 1.807) is 12.1 Å². The Labute approximate surface area is 96.4 Å². The Morgan fingerprint density at radius 1 is 0.812 bits per heavy atom. The zero-order valence-corrected chi connectivity index (χ0v) is 9.91. The minimum absolute atomic E-state index is 0.311. The van der Waals surface area contributed by atoms with Crippen molar-refractivity contribution in [3.8, 4) is 16.9 Å². The summed E-state index contributed by atoms with van der Waals surface area (Å²) in [5.74, 6) is 0.311. The van der Waals surface area contributed by atoms with E-state index < -0.39 is 0 Å². The number of hydrogen-bond donors (Lipinski definition) is 1. The van der Waals surface area contributed by atoms with E-state index >= 15 is 0 Å². The summed E-state index contributed by atoms with van der Waals surface area (Å²) in [6.45, 7) is 6.37. The van der Waals surface area contributed by atoms with Gasteiger partial charge in [-0.05, 0) is 55.2 Å². The number of aromatic hydroxyl groups is 1. The van der Waals surface area contributed by atoms with Gasteiger partial charge in [-0.3, -0.25) is 0 Å². The lowest BCUT2D eigenvalue weighted by Crippen LogP contribution is -1.89. The van der Waals surface area contributed by atoms with Crippen molar-refractivity contribution in [1.29, 1.82) is 0 Å². The van der Waals surface area contributed by atoms with Crippen LogP contribution in [0.4, 0.5) is 0 Å². The molecule has 0 heterocycles.